The summed E-state index contributed by atoms with van der Waals surface area (Å²) in [5.74, 6) is -0.404. The Kier molecular flexibility index (Phi) is 3.25. The average Bonchev–Trinajstić information content (AvgIpc) is 2.19. The minimum Gasteiger partial charge on any atom is -0.468 e. The van der Waals surface area contributed by atoms with E-state index in [2.05, 4.69) is 4.74 Å². The van der Waals surface area contributed by atoms with E-state index in [1.54, 1.807) is 0 Å². The number of nitrogens with two attached hydrogens (primary N) is 1. The summed E-state index contributed by atoms with van der Waals surface area (Å²) >= 11 is 0. The number of rotatable bonds is 2. The highest BCUT2D eigenvalue weighted by atomic mass is 16.5. The number of benzene rings is 1. The SMILES string of the molecule is COC(=O)[C@@H](N)c1cc(C)ccc1C. The smallest absolute Gasteiger partial charge is 0.327 e. The highest BCUT2D eigenvalue weighted by Crippen LogP contribution is 2.18. The van der Waals surface area contributed by atoms with E-state index in [-0.39, 0.29) is 0 Å². The van der Waals surface area contributed by atoms with Crippen LogP contribution in [0.1, 0.15) is 22.7 Å². The fourth-order valence-corrected chi connectivity index (χ4v) is 1.35. The summed E-state index contributed by atoms with van der Waals surface area (Å²) in [5.41, 5.74) is 8.67. The van der Waals surface area contributed by atoms with Crippen molar-refractivity contribution in [2.24, 2.45) is 5.73 Å². The van der Waals surface area contributed by atoms with E-state index in [0.29, 0.717) is 0 Å². The highest BCUT2D eigenvalue weighted by molar-refractivity contribution is 5.77. The molecule has 0 aliphatic heterocycles. The fourth-order valence-electron chi connectivity index (χ4n) is 1.35. The lowest BCUT2D eigenvalue weighted by atomic mass is 10.00. The maximum atomic E-state index is 11.2. The number of methoxy groups -OCH3 is 1. The maximum Gasteiger partial charge on any atom is 0.327 e. The summed E-state index contributed by atoms with van der Waals surface area (Å²) in [6.07, 6.45) is 0. The quantitative estimate of drug-likeness (QED) is 0.724. The predicted molar refractivity (Wildman–Crippen MR) is 54.9 cm³/mol. The van der Waals surface area contributed by atoms with Crippen LogP contribution in [0.15, 0.2) is 18.2 Å². The van der Waals surface area contributed by atoms with Crippen LogP contribution in [-0.2, 0) is 9.53 Å². The van der Waals surface area contributed by atoms with Crippen LogP contribution in [0.4, 0.5) is 0 Å². The summed E-state index contributed by atoms with van der Waals surface area (Å²) < 4.78 is 4.60. The summed E-state index contributed by atoms with van der Waals surface area (Å²) in [5, 5.41) is 0. The van der Waals surface area contributed by atoms with Crippen molar-refractivity contribution >= 4 is 5.97 Å². The van der Waals surface area contributed by atoms with Crippen molar-refractivity contribution in [2.75, 3.05) is 7.11 Å². The van der Waals surface area contributed by atoms with Crippen LogP contribution in [0.25, 0.3) is 0 Å². The molecule has 1 aromatic rings. The summed E-state index contributed by atoms with van der Waals surface area (Å²) in [4.78, 5) is 11.2. The van der Waals surface area contributed by atoms with Crippen LogP contribution < -0.4 is 5.73 Å². The zero-order valence-electron chi connectivity index (χ0n) is 8.70. The van der Waals surface area contributed by atoms with Crippen LogP contribution in [0.2, 0.25) is 0 Å². The van der Waals surface area contributed by atoms with Gasteiger partial charge in [-0.05, 0) is 25.0 Å². The van der Waals surface area contributed by atoms with Gasteiger partial charge in [-0.15, -0.1) is 0 Å². The van der Waals surface area contributed by atoms with Crippen molar-refractivity contribution in [1.29, 1.82) is 0 Å². The molecule has 0 unspecified atom stereocenters. The maximum absolute atomic E-state index is 11.2. The number of carbonyl (C=O) groups excluding carboxylic acids is 1. The molecule has 0 aromatic heterocycles. The third-order valence-corrected chi connectivity index (χ3v) is 2.22. The lowest BCUT2D eigenvalue weighted by Crippen LogP contribution is -2.23. The van der Waals surface area contributed by atoms with E-state index in [0.717, 1.165) is 16.7 Å². The molecule has 3 nitrogen and oxygen atoms in total. The van der Waals surface area contributed by atoms with Crippen LogP contribution in [0.3, 0.4) is 0 Å². The lowest BCUT2D eigenvalue weighted by Gasteiger charge is -2.12. The van der Waals surface area contributed by atoms with Gasteiger partial charge in [0.05, 0.1) is 7.11 Å². The third kappa shape index (κ3) is 2.12. The number of hydrogen-bond acceptors (Lipinski definition) is 3. The standard InChI is InChI=1S/C11H15NO2/c1-7-4-5-8(2)9(6-7)10(12)11(13)14-3/h4-6,10H,12H2,1-3H3/t10-/m0/s1. The molecule has 0 bridgehead atoms. The van der Waals surface area contributed by atoms with Crippen LogP contribution in [0.5, 0.6) is 0 Å². The van der Waals surface area contributed by atoms with Gasteiger partial charge in [-0.2, -0.15) is 0 Å². The molecular formula is C11H15NO2. The molecule has 0 saturated carbocycles. The molecule has 1 rings (SSSR count). The van der Waals surface area contributed by atoms with E-state index < -0.39 is 12.0 Å². The summed E-state index contributed by atoms with van der Waals surface area (Å²) in [6.45, 7) is 3.89. The van der Waals surface area contributed by atoms with Crippen molar-refractivity contribution in [1.82, 2.24) is 0 Å². The molecule has 14 heavy (non-hydrogen) atoms. The predicted octanol–water partition coefficient (Wildman–Crippen LogP) is 1.48. The first-order valence-electron chi connectivity index (χ1n) is 4.47. The molecule has 1 atom stereocenters. The van der Waals surface area contributed by atoms with Gasteiger partial charge in [-0.25, -0.2) is 0 Å². The molecule has 3 heteroatoms. The molecule has 76 valence electrons. The van der Waals surface area contributed by atoms with Crippen molar-refractivity contribution in [3.8, 4) is 0 Å². The van der Waals surface area contributed by atoms with E-state index in [9.17, 15) is 4.79 Å². The molecule has 2 N–H and O–H groups in total. The summed E-state index contributed by atoms with van der Waals surface area (Å²) in [7, 11) is 1.34. The van der Waals surface area contributed by atoms with Crippen LogP contribution in [0, 0.1) is 13.8 Å². The number of ether oxygens (including phenoxy) is 1. The summed E-state index contributed by atoms with van der Waals surface area (Å²) in [6, 6.07) is 5.17. The molecule has 0 saturated heterocycles. The van der Waals surface area contributed by atoms with E-state index in [1.807, 2.05) is 32.0 Å². The zero-order valence-corrected chi connectivity index (χ0v) is 8.70. The average molecular weight is 193 g/mol. The Morgan fingerprint density at radius 3 is 2.64 bits per heavy atom. The van der Waals surface area contributed by atoms with Crippen molar-refractivity contribution in [3.63, 3.8) is 0 Å². The molecular weight excluding hydrogens is 178 g/mol. The molecule has 0 aliphatic carbocycles. The highest BCUT2D eigenvalue weighted by Gasteiger charge is 2.17. The van der Waals surface area contributed by atoms with Gasteiger partial charge in [0.2, 0.25) is 0 Å². The molecule has 0 fully saturated rings. The first kappa shape index (κ1) is 10.7. The minimum absolute atomic E-state index is 0.404. The molecule has 0 spiro atoms. The first-order valence-corrected chi connectivity index (χ1v) is 4.47. The minimum atomic E-state index is -0.681. The number of carbonyl (C=O) groups is 1. The second kappa shape index (κ2) is 4.24. The Hall–Kier alpha value is -1.35. The zero-order chi connectivity index (χ0) is 10.7. The van der Waals surface area contributed by atoms with Crippen LogP contribution >= 0.6 is 0 Å². The number of aryl methyl sites for hydroxylation is 2. The van der Waals surface area contributed by atoms with Gasteiger partial charge in [-0.1, -0.05) is 23.8 Å². The van der Waals surface area contributed by atoms with E-state index in [4.69, 9.17) is 5.73 Å². The van der Waals surface area contributed by atoms with Crippen molar-refractivity contribution < 1.29 is 9.53 Å². The van der Waals surface area contributed by atoms with Gasteiger partial charge in [0.15, 0.2) is 0 Å². The largest absolute Gasteiger partial charge is 0.468 e. The Morgan fingerprint density at radius 2 is 2.07 bits per heavy atom. The van der Waals surface area contributed by atoms with Gasteiger partial charge < -0.3 is 10.5 Å². The topological polar surface area (TPSA) is 52.3 Å². The van der Waals surface area contributed by atoms with Crippen LogP contribution in [-0.4, -0.2) is 13.1 Å². The Morgan fingerprint density at radius 1 is 1.43 bits per heavy atom. The van der Waals surface area contributed by atoms with Gasteiger partial charge >= 0.3 is 5.97 Å². The molecule has 0 radical (unpaired) electrons. The molecule has 0 aliphatic rings. The third-order valence-electron chi connectivity index (χ3n) is 2.22. The Bertz CT molecular complexity index is 347. The molecule has 1 aromatic carbocycles. The first-order chi connectivity index (χ1) is 6.56. The van der Waals surface area contributed by atoms with E-state index in [1.165, 1.54) is 7.11 Å². The number of esters is 1. The monoisotopic (exact) mass is 193 g/mol. The second-order valence-electron chi connectivity index (χ2n) is 3.36. The van der Waals surface area contributed by atoms with Gasteiger partial charge in [-0.3, -0.25) is 4.79 Å². The van der Waals surface area contributed by atoms with Crippen molar-refractivity contribution in [2.45, 2.75) is 19.9 Å². The van der Waals surface area contributed by atoms with Gasteiger partial charge in [0.1, 0.15) is 6.04 Å². The van der Waals surface area contributed by atoms with Gasteiger partial charge in [0, 0.05) is 0 Å². The fraction of sp³-hybridized carbons (Fsp3) is 0.364. The van der Waals surface area contributed by atoms with Gasteiger partial charge in [0.25, 0.3) is 0 Å². The molecule has 0 heterocycles. The number of hydrogen-bond donors (Lipinski definition) is 1. The Labute approximate surface area is 83.9 Å². The normalized spacial score (nSPS) is 12.3. The van der Waals surface area contributed by atoms with Crippen molar-refractivity contribution in [3.05, 3.63) is 34.9 Å². The lowest BCUT2D eigenvalue weighted by molar-refractivity contribution is -0.142. The van der Waals surface area contributed by atoms with E-state index >= 15 is 0 Å². The molecule has 0 amide bonds. The second-order valence-corrected chi connectivity index (χ2v) is 3.36. The Balaban J connectivity index is 3.05.